The summed E-state index contributed by atoms with van der Waals surface area (Å²) in [5.74, 6) is 1.03. The number of carbonyl (C=O) groups excluding carboxylic acids is 1. The Hall–Kier alpha value is -3.35. The number of halogens is 1. The molecule has 0 unspecified atom stereocenters. The molecule has 1 fully saturated rings. The maximum absolute atomic E-state index is 12.3. The van der Waals surface area contributed by atoms with Gasteiger partial charge >= 0.3 is 0 Å². The fraction of sp³-hybridized carbons (Fsp3) is 0.333. The summed E-state index contributed by atoms with van der Waals surface area (Å²) >= 11 is 5.98. The summed E-state index contributed by atoms with van der Waals surface area (Å²) in [4.78, 5) is 18.0. The van der Waals surface area contributed by atoms with Crippen molar-refractivity contribution in [1.82, 2.24) is 5.32 Å². The van der Waals surface area contributed by atoms with E-state index in [9.17, 15) is 4.79 Å². The summed E-state index contributed by atoms with van der Waals surface area (Å²) in [7, 11) is 0. The van der Waals surface area contributed by atoms with Gasteiger partial charge in [0, 0.05) is 36.8 Å². The Kier molecular flexibility index (Phi) is 9.97. The first kappa shape index (κ1) is 26.7. The second-order valence-electron chi connectivity index (χ2n) is 9.23. The zero-order chi connectivity index (χ0) is 25.9. The van der Waals surface area contributed by atoms with Crippen LogP contribution >= 0.6 is 11.6 Å². The second kappa shape index (κ2) is 13.8. The van der Waals surface area contributed by atoms with E-state index in [1.54, 1.807) is 0 Å². The molecule has 37 heavy (non-hydrogen) atoms. The minimum atomic E-state index is -0.114. The van der Waals surface area contributed by atoms with Gasteiger partial charge in [0.1, 0.15) is 12.4 Å². The largest absolute Gasteiger partial charge is 0.484 e. The van der Waals surface area contributed by atoms with Gasteiger partial charge in [-0.1, -0.05) is 59.2 Å². The van der Waals surface area contributed by atoms with E-state index in [0.29, 0.717) is 36.3 Å². The molecule has 4 rings (SSSR count). The van der Waals surface area contributed by atoms with Crippen LogP contribution in [0.3, 0.4) is 0 Å². The van der Waals surface area contributed by atoms with Crippen molar-refractivity contribution in [2.45, 2.75) is 32.8 Å². The zero-order valence-electron chi connectivity index (χ0n) is 21.1. The first-order chi connectivity index (χ1) is 18.1. The number of amides is 1. The fourth-order valence-electron chi connectivity index (χ4n) is 4.14. The van der Waals surface area contributed by atoms with Gasteiger partial charge in [0.2, 0.25) is 0 Å². The summed E-state index contributed by atoms with van der Waals surface area (Å²) in [6, 6.07) is 23.5. The lowest BCUT2D eigenvalue weighted by molar-refractivity contribution is -0.123. The van der Waals surface area contributed by atoms with E-state index in [-0.39, 0.29) is 12.5 Å². The van der Waals surface area contributed by atoms with E-state index in [1.807, 2.05) is 67.6 Å². The Labute approximate surface area is 223 Å². The van der Waals surface area contributed by atoms with Gasteiger partial charge in [0.15, 0.2) is 6.61 Å². The van der Waals surface area contributed by atoms with Gasteiger partial charge in [-0.25, -0.2) is 0 Å². The Morgan fingerprint density at radius 3 is 2.51 bits per heavy atom. The Morgan fingerprint density at radius 1 is 1.03 bits per heavy atom. The van der Waals surface area contributed by atoms with Gasteiger partial charge in [-0.05, 0) is 72.7 Å². The maximum Gasteiger partial charge on any atom is 0.257 e. The molecule has 0 bridgehead atoms. The number of ether oxygens (including phenoxy) is 2. The molecule has 3 aromatic rings. The molecule has 1 amide bonds. The average molecular weight is 521 g/mol. The van der Waals surface area contributed by atoms with Gasteiger partial charge < -0.3 is 19.6 Å². The molecule has 0 aliphatic carbocycles. The number of carbonyl (C=O) groups is 1. The first-order valence-electron chi connectivity index (χ1n) is 12.6. The van der Waals surface area contributed by atoms with E-state index in [2.05, 4.69) is 22.6 Å². The van der Waals surface area contributed by atoms with E-state index in [4.69, 9.17) is 25.9 Å². The van der Waals surface area contributed by atoms with Gasteiger partial charge in [-0.15, -0.1) is 0 Å². The summed E-state index contributed by atoms with van der Waals surface area (Å²) in [5, 5.41) is 8.15. The molecule has 1 aliphatic rings. The van der Waals surface area contributed by atoms with Crippen molar-refractivity contribution in [2.24, 2.45) is 11.1 Å². The van der Waals surface area contributed by atoms with Gasteiger partial charge in [-0.2, -0.15) is 0 Å². The van der Waals surface area contributed by atoms with Crippen molar-refractivity contribution in [3.63, 3.8) is 0 Å². The predicted octanol–water partition coefficient (Wildman–Crippen LogP) is 5.73. The smallest absolute Gasteiger partial charge is 0.257 e. The predicted molar refractivity (Wildman–Crippen MR) is 146 cm³/mol. The van der Waals surface area contributed by atoms with E-state index in [1.165, 1.54) is 0 Å². The lowest BCUT2D eigenvalue weighted by Crippen LogP contribution is -2.35. The highest BCUT2D eigenvalue weighted by Gasteiger charge is 2.15. The van der Waals surface area contributed by atoms with Crippen molar-refractivity contribution in [1.29, 1.82) is 0 Å². The summed E-state index contributed by atoms with van der Waals surface area (Å²) in [5.41, 5.74) is 4.80. The molecule has 0 radical (unpaired) electrons. The summed E-state index contributed by atoms with van der Waals surface area (Å²) in [6.45, 7) is 4.50. The minimum absolute atomic E-state index is 0.0153. The number of nitrogens with one attached hydrogen (secondary N) is 1. The molecule has 1 N–H and O–H groups in total. The molecule has 1 aliphatic heterocycles. The molecule has 7 heteroatoms. The Balaban J connectivity index is 1.38. The number of nitrogens with zero attached hydrogens (tertiary/aromatic N) is 1. The topological polar surface area (TPSA) is 69.2 Å². The van der Waals surface area contributed by atoms with Crippen molar-refractivity contribution in [3.8, 4) is 5.75 Å². The molecular formula is C30H33ClN2O4. The molecule has 0 aromatic heterocycles. The lowest BCUT2D eigenvalue weighted by atomic mass is 10.0. The third-order valence-electron chi connectivity index (χ3n) is 6.33. The van der Waals surface area contributed by atoms with Crippen molar-refractivity contribution in [2.75, 3.05) is 26.4 Å². The highest BCUT2D eigenvalue weighted by molar-refractivity contribution is 6.30. The van der Waals surface area contributed by atoms with Crippen LogP contribution in [-0.4, -0.2) is 38.0 Å². The molecule has 0 atom stereocenters. The van der Waals surface area contributed by atoms with Crippen LogP contribution < -0.4 is 10.1 Å². The van der Waals surface area contributed by atoms with Gasteiger partial charge in [0.25, 0.3) is 5.91 Å². The van der Waals surface area contributed by atoms with Crippen LogP contribution in [0, 0.1) is 12.8 Å². The van der Waals surface area contributed by atoms with Crippen LogP contribution in [0.5, 0.6) is 5.75 Å². The first-order valence-corrected chi connectivity index (χ1v) is 13.0. The summed E-state index contributed by atoms with van der Waals surface area (Å²) in [6.07, 6.45) is 2.59. The number of hydrogen-bond acceptors (Lipinski definition) is 5. The second-order valence-corrected chi connectivity index (χ2v) is 9.67. The van der Waals surface area contributed by atoms with Crippen LogP contribution in [0.1, 0.15) is 35.1 Å². The molecule has 3 aromatic carbocycles. The van der Waals surface area contributed by atoms with Gasteiger partial charge in [0.05, 0.1) is 5.71 Å². The van der Waals surface area contributed by atoms with E-state index in [0.717, 1.165) is 54.0 Å². The van der Waals surface area contributed by atoms with Crippen LogP contribution in [-0.2, 0) is 27.4 Å². The van der Waals surface area contributed by atoms with Crippen LogP contribution in [0.15, 0.2) is 78.0 Å². The quantitative estimate of drug-likeness (QED) is 0.259. The van der Waals surface area contributed by atoms with E-state index >= 15 is 0 Å². The van der Waals surface area contributed by atoms with Crippen molar-refractivity contribution >= 4 is 23.2 Å². The molecule has 0 saturated carbocycles. The Morgan fingerprint density at radius 2 is 1.78 bits per heavy atom. The number of aryl methyl sites for hydroxylation is 1. The van der Waals surface area contributed by atoms with Crippen LogP contribution in [0.2, 0.25) is 5.02 Å². The minimum Gasteiger partial charge on any atom is -0.484 e. The highest BCUT2D eigenvalue weighted by Crippen LogP contribution is 2.21. The lowest BCUT2D eigenvalue weighted by Gasteiger charge is -2.22. The Bertz CT molecular complexity index is 1180. The molecule has 0 spiro atoms. The van der Waals surface area contributed by atoms with Crippen molar-refractivity contribution < 1.29 is 19.1 Å². The average Bonchev–Trinajstić information content (AvgIpc) is 2.93. The number of oxime groups is 1. The standard InChI is InChI=1S/C30H33ClN2O4/c1-22-17-26(9-12-29(22)36-21-30(34)32-19-24-13-15-35-16-14-24)28(18-23-5-3-2-4-6-23)33-37-20-25-7-10-27(31)11-8-25/h2-12,17,24H,13-16,18-21H2,1H3,(H,32,34). The van der Waals surface area contributed by atoms with Crippen molar-refractivity contribution in [3.05, 3.63) is 100 Å². The van der Waals surface area contributed by atoms with E-state index < -0.39 is 0 Å². The number of benzene rings is 3. The maximum atomic E-state index is 12.3. The number of rotatable bonds is 11. The molecule has 194 valence electrons. The zero-order valence-corrected chi connectivity index (χ0v) is 21.9. The van der Waals surface area contributed by atoms with Crippen LogP contribution in [0.25, 0.3) is 0 Å². The molecule has 6 nitrogen and oxygen atoms in total. The molecule has 1 heterocycles. The monoisotopic (exact) mass is 520 g/mol. The number of hydrogen-bond donors (Lipinski definition) is 1. The van der Waals surface area contributed by atoms with Crippen LogP contribution in [0.4, 0.5) is 0 Å². The van der Waals surface area contributed by atoms with Gasteiger partial charge in [-0.3, -0.25) is 4.79 Å². The highest BCUT2D eigenvalue weighted by atomic mass is 35.5. The molecular weight excluding hydrogens is 488 g/mol. The SMILES string of the molecule is Cc1cc(C(Cc2ccccc2)=NOCc2ccc(Cl)cc2)ccc1OCC(=O)NCC1CCOCC1. The molecule has 1 saturated heterocycles. The fourth-order valence-corrected chi connectivity index (χ4v) is 4.26. The third kappa shape index (κ3) is 8.62. The third-order valence-corrected chi connectivity index (χ3v) is 6.58. The summed E-state index contributed by atoms with van der Waals surface area (Å²) < 4.78 is 11.2. The normalized spacial score (nSPS) is 14.3.